The molecule has 0 aromatic carbocycles. The minimum atomic E-state index is -0.441. The van der Waals surface area contributed by atoms with E-state index < -0.39 is 13.3 Å². The Bertz CT molecular complexity index is 705. The summed E-state index contributed by atoms with van der Waals surface area (Å²) in [6, 6.07) is 10.8. The summed E-state index contributed by atoms with van der Waals surface area (Å²) in [7, 11) is 0. The van der Waals surface area contributed by atoms with Crippen molar-refractivity contribution in [2.75, 3.05) is 39.7 Å². The summed E-state index contributed by atoms with van der Waals surface area (Å²) < 4.78 is 32.0. The Balaban J connectivity index is 0.000000208. The topological polar surface area (TPSA) is 38.2 Å². The monoisotopic (exact) mass is 569 g/mol. The van der Waals surface area contributed by atoms with Crippen molar-refractivity contribution in [2.24, 2.45) is 0 Å². The normalized spacial score (nSPS) is 16.9. The van der Waals surface area contributed by atoms with E-state index in [1.54, 1.807) is 12.1 Å². The Morgan fingerprint density at radius 1 is 0.926 bits per heavy atom. The van der Waals surface area contributed by atoms with E-state index in [9.17, 15) is 8.78 Å². The maximum atomic E-state index is 13.1. The van der Waals surface area contributed by atoms with Crippen LogP contribution in [0.25, 0.3) is 0 Å². The highest BCUT2D eigenvalue weighted by molar-refractivity contribution is 9.10. The first kappa shape index (κ1) is 22.8. The van der Waals surface area contributed by atoms with Crippen molar-refractivity contribution in [1.82, 2.24) is 14.9 Å². The summed E-state index contributed by atoms with van der Waals surface area (Å²) in [6.45, 7) is 2.02. The molecule has 1 fully saturated rings. The van der Waals surface area contributed by atoms with Gasteiger partial charge in [-0.05, 0) is 56.1 Å². The van der Waals surface area contributed by atoms with Crippen molar-refractivity contribution in [3.8, 4) is 0 Å². The number of rotatable bonds is 5. The molecule has 27 heavy (non-hydrogen) atoms. The van der Waals surface area contributed by atoms with Gasteiger partial charge in [-0.15, -0.1) is 0 Å². The van der Waals surface area contributed by atoms with E-state index >= 15 is 0 Å². The van der Waals surface area contributed by atoms with Gasteiger partial charge in [0.05, 0.1) is 35.5 Å². The van der Waals surface area contributed by atoms with Crippen molar-refractivity contribution in [3.63, 3.8) is 0 Å². The fourth-order valence-electron chi connectivity index (χ4n) is 2.54. The van der Waals surface area contributed by atoms with E-state index in [4.69, 9.17) is 4.74 Å². The first-order valence-corrected chi connectivity index (χ1v) is 10.9. The number of halogens is 5. The molecule has 2 unspecified atom stereocenters. The van der Waals surface area contributed by atoms with Crippen LogP contribution in [-0.4, -0.2) is 54.5 Å². The molecule has 0 bridgehead atoms. The van der Waals surface area contributed by atoms with Gasteiger partial charge in [0.25, 0.3) is 0 Å². The first-order chi connectivity index (χ1) is 13.0. The quantitative estimate of drug-likeness (QED) is 0.354. The van der Waals surface area contributed by atoms with Crippen LogP contribution >= 0.6 is 47.8 Å². The second-order valence-corrected chi connectivity index (χ2v) is 8.44. The first-order valence-electron chi connectivity index (χ1n) is 8.38. The molecule has 3 heterocycles. The van der Waals surface area contributed by atoms with Gasteiger partial charge in [0.15, 0.2) is 0 Å². The van der Waals surface area contributed by atoms with Gasteiger partial charge in [0, 0.05) is 13.1 Å². The highest BCUT2D eigenvalue weighted by atomic mass is 79.9. The summed E-state index contributed by atoms with van der Waals surface area (Å²) in [5, 5.41) is 0. The Labute approximate surface area is 183 Å². The van der Waals surface area contributed by atoms with E-state index in [1.807, 2.05) is 24.3 Å². The van der Waals surface area contributed by atoms with Crippen LogP contribution in [0.2, 0.25) is 0 Å². The molecule has 9 heteroatoms. The van der Waals surface area contributed by atoms with Crippen LogP contribution in [0.4, 0.5) is 8.78 Å². The lowest BCUT2D eigenvalue weighted by molar-refractivity contribution is 0.00979. The van der Waals surface area contributed by atoms with Gasteiger partial charge in [-0.2, -0.15) is 0 Å². The molecule has 1 saturated heterocycles. The fraction of sp³-hybridized carbons (Fsp3) is 0.444. The number of hydrogen-bond acceptors (Lipinski definition) is 4. The third kappa shape index (κ3) is 7.45. The van der Waals surface area contributed by atoms with E-state index in [0.29, 0.717) is 18.9 Å². The van der Waals surface area contributed by atoms with Crippen molar-refractivity contribution in [1.29, 1.82) is 0 Å². The molecule has 3 rings (SSSR count). The van der Waals surface area contributed by atoms with Gasteiger partial charge in [-0.3, -0.25) is 4.90 Å². The molecule has 0 N–H and O–H groups in total. The lowest BCUT2D eigenvalue weighted by Crippen LogP contribution is -2.40. The second kappa shape index (κ2) is 12.2. The molecule has 0 radical (unpaired) electrons. The predicted octanol–water partition coefficient (Wildman–Crippen LogP) is 5.44. The number of morpholine rings is 1. The molecule has 2 aromatic rings. The third-order valence-electron chi connectivity index (χ3n) is 3.90. The molecular formula is C18H20Br3F2N3O. The van der Waals surface area contributed by atoms with Crippen LogP contribution in [0.15, 0.2) is 45.6 Å². The van der Waals surface area contributed by atoms with Gasteiger partial charge >= 0.3 is 0 Å². The summed E-state index contributed by atoms with van der Waals surface area (Å²) in [4.78, 5) is 10.2. The number of aromatic nitrogens is 2. The van der Waals surface area contributed by atoms with Crippen LogP contribution in [0.5, 0.6) is 0 Å². The minimum absolute atomic E-state index is 0.249. The summed E-state index contributed by atoms with van der Waals surface area (Å²) in [5.74, 6) is 0. The molecule has 0 amide bonds. The predicted molar refractivity (Wildman–Crippen MR) is 113 cm³/mol. The lowest BCUT2D eigenvalue weighted by Gasteiger charge is -2.32. The SMILES string of the molecule is FCC(Br)c1cccc(Br)n1.FCC(c1cccc(Br)n1)N1CCOCC1. The Morgan fingerprint density at radius 3 is 2.00 bits per heavy atom. The average molecular weight is 572 g/mol. The lowest BCUT2D eigenvalue weighted by atomic mass is 10.1. The van der Waals surface area contributed by atoms with Crippen molar-refractivity contribution < 1.29 is 13.5 Å². The van der Waals surface area contributed by atoms with Gasteiger partial charge in [-0.1, -0.05) is 28.1 Å². The van der Waals surface area contributed by atoms with Crippen molar-refractivity contribution >= 4 is 47.8 Å². The highest BCUT2D eigenvalue weighted by Gasteiger charge is 2.23. The molecule has 1 aliphatic rings. The van der Waals surface area contributed by atoms with Gasteiger partial charge in [-0.25, -0.2) is 18.7 Å². The number of alkyl halides is 3. The zero-order valence-electron chi connectivity index (χ0n) is 14.5. The van der Waals surface area contributed by atoms with Crippen LogP contribution < -0.4 is 0 Å². The van der Waals surface area contributed by atoms with Crippen LogP contribution in [0.1, 0.15) is 22.3 Å². The van der Waals surface area contributed by atoms with E-state index in [-0.39, 0.29) is 10.9 Å². The molecule has 0 aliphatic carbocycles. The summed E-state index contributed by atoms with van der Waals surface area (Å²) >= 11 is 9.67. The number of ether oxygens (including phenoxy) is 1. The zero-order valence-corrected chi connectivity index (χ0v) is 19.3. The molecule has 1 aliphatic heterocycles. The summed E-state index contributed by atoms with van der Waals surface area (Å²) in [6.07, 6.45) is 0. The van der Waals surface area contributed by atoms with Gasteiger partial charge in [0.2, 0.25) is 0 Å². The fourth-order valence-corrected chi connectivity index (χ4v) is 3.51. The van der Waals surface area contributed by atoms with Crippen molar-refractivity contribution in [2.45, 2.75) is 10.9 Å². The smallest absolute Gasteiger partial charge is 0.111 e. The van der Waals surface area contributed by atoms with E-state index in [2.05, 4.69) is 62.7 Å². The minimum Gasteiger partial charge on any atom is -0.379 e. The van der Waals surface area contributed by atoms with Crippen LogP contribution in [0.3, 0.4) is 0 Å². The number of pyridine rings is 2. The van der Waals surface area contributed by atoms with E-state index in [1.165, 1.54) is 0 Å². The maximum Gasteiger partial charge on any atom is 0.111 e. The van der Waals surface area contributed by atoms with Gasteiger partial charge < -0.3 is 4.74 Å². The van der Waals surface area contributed by atoms with Crippen LogP contribution in [-0.2, 0) is 4.74 Å². The zero-order chi connectivity index (χ0) is 19.6. The van der Waals surface area contributed by atoms with Gasteiger partial charge in [0.1, 0.15) is 22.6 Å². The highest BCUT2D eigenvalue weighted by Crippen LogP contribution is 2.23. The second-order valence-electron chi connectivity index (χ2n) is 5.71. The standard InChI is InChI=1S/C11H14BrFN2O.C7H6Br2FN/c12-11-3-1-2-9(14-11)10(8-13)15-4-6-16-7-5-15;8-5(4-10)6-2-1-3-7(9)11-6/h1-3,10H,4-8H2;1-3,5H,4H2. The van der Waals surface area contributed by atoms with Crippen LogP contribution in [0, 0.1) is 0 Å². The Kier molecular flexibility index (Phi) is 10.3. The Hall–Kier alpha value is -0.480. The third-order valence-corrected chi connectivity index (χ3v) is 5.50. The van der Waals surface area contributed by atoms with E-state index in [0.717, 1.165) is 28.0 Å². The molecule has 0 saturated carbocycles. The average Bonchev–Trinajstić information content (AvgIpc) is 2.69. The maximum absolute atomic E-state index is 13.1. The molecule has 0 spiro atoms. The molecular weight excluding hydrogens is 552 g/mol. The molecule has 2 atom stereocenters. The molecule has 148 valence electrons. The number of nitrogens with zero attached hydrogens (tertiary/aromatic N) is 3. The molecule has 2 aromatic heterocycles. The van der Waals surface area contributed by atoms with Crippen molar-refractivity contribution in [3.05, 3.63) is 57.0 Å². The number of hydrogen-bond donors (Lipinski definition) is 0. The summed E-state index contributed by atoms with van der Waals surface area (Å²) in [5.41, 5.74) is 1.49. The Morgan fingerprint density at radius 2 is 1.48 bits per heavy atom. The largest absolute Gasteiger partial charge is 0.379 e. The molecule has 4 nitrogen and oxygen atoms in total.